The minimum Gasteiger partial charge on any atom is -0.294 e. The summed E-state index contributed by atoms with van der Waals surface area (Å²) in [5, 5.41) is 0. The summed E-state index contributed by atoms with van der Waals surface area (Å²) in [6, 6.07) is 8.74. The lowest BCUT2D eigenvalue weighted by Gasteiger charge is -2.13. The summed E-state index contributed by atoms with van der Waals surface area (Å²) in [7, 11) is 0. The van der Waals surface area contributed by atoms with E-state index in [-0.39, 0.29) is 0 Å². The van der Waals surface area contributed by atoms with Crippen LogP contribution in [0.25, 0.3) is 0 Å². The Bertz CT molecular complexity index is 555. The highest BCUT2D eigenvalue weighted by Crippen LogP contribution is 2.61. The molecular weight excluding hydrogens is 232 g/mol. The van der Waals surface area contributed by atoms with E-state index in [1.54, 1.807) is 0 Å². The number of hydrogen-bond acceptors (Lipinski definition) is 1. The number of aryl methyl sites for hydroxylation is 1. The van der Waals surface area contributed by atoms with Gasteiger partial charge in [0.1, 0.15) is 0 Å². The second-order valence-electron chi connectivity index (χ2n) is 6.29. The third-order valence-electron chi connectivity index (χ3n) is 5.24. The zero-order valence-corrected chi connectivity index (χ0v) is 11.3. The Morgan fingerprint density at radius 3 is 2.84 bits per heavy atom. The molecule has 0 heterocycles. The molecule has 0 aliphatic heterocycles. The minimum atomic E-state index is 0.313. The lowest BCUT2D eigenvalue weighted by atomic mass is 9.91. The zero-order chi connectivity index (χ0) is 12.8. The van der Waals surface area contributed by atoms with Crippen LogP contribution in [0, 0.1) is 11.8 Å². The predicted octanol–water partition coefficient (Wildman–Crippen LogP) is 4.03. The van der Waals surface area contributed by atoms with Crippen molar-refractivity contribution < 1.29 is 4.79 Å². The molecule has 0 amide bonds. The summed E-state index contributed by atoms with van der Waals surface area (Å²) in [6.07, 6.45) is 9.19. The molecule has 3 atom stereocenters. The number of benzene rings is 1. The van der Waals surface area contributed by atoms with Crippen molar-refractivity contribution >= 4 is 5.78 Å². The van der Waals surface area contributed by atoms with Crippen molar-refractivity contribution in [3.05, 3.63) is 47.0 Å². The highest BCUT2D eigenvalue weighted by molar-refractivity contribution is 6.00. The van der Waals surface area contributed by atoms with E-state index in [0.29, 0.717) is 23.5 Å². The van der Waals surface area contributed by atoms with Crippen molar-refractivity contribution in [2.75, 3.05) is 0 Å². The van der Waals surface area contributed by atoms with Crippen LogP contribution in [0.5, 0.6) is 0 Å². The van der Waals surface area contributed by atoms with Gasteiger partial charge >= 0.3 is 0 Å². The predicted molar refractivity (Wildman–Crippen MR) is 76.0 cm³/mol. The Hall–Kier alpha value is -1.37. The van der Waals surface area contributed by atoms with Gasteiger partial charge < -0.3 is 0 Å². The van der Waals surface area contributed by atoms with Gasteiger partial charge in [0.05, 0.1) is 0 Å². The standard InChI is InChI=1S/C18H20O/c19-18(13-7-2-1-3-8-13)17-15-11-10-12-6-4-5-9-14(12)16(15)17/h4-7,9,15-17H,1-3,8,10-11H2. The van der Waals surface area contributed by atoms with E-state index < -0.39 is 0 Å². The zero-order valence-electron chi connectivity index (χ0n) is 11.3. The molecule has 0 radical (unpaired) electrons. The molecule has 0 N–H and O–H groups in total. The van der Waals surface area contributed by atoms with Gasteiger partial charge in [-0.25, -0.2) is 0 Å². The maximum Gasteiger partial charge on any atom is 0.162 e. The number of hydrogen-bond donors (Lipinski definition) is 0. The largest absolute Gasteiger partial charge is 0.294 e. The first kappa shape index (κ1) is 11.5. The van der Waals surface area contributed by atoms with Crippen molar-refractivity contribution in [1.82, 2.24) is 0 Å². The molecule has 1 aromatic carbocycles. The fourth-order valence-corrected chi connectivity index (χ4v) is 4.20. The van der Waals surface area contributed by atoms with Crippen LogP contribution in [0.2, 0.25) is 0 Å². The molecule has 1 heteroatoms. The van der Waals surface area contributed by atoms with Crippen molar-refractivity contribution in [3.8, 4) is 0 Å². The molecule has 3 unspecified atom stereocenters. The smallest absolute Gasteiger partial charge is 0.162 e. The molecule has 0 aromatic heterocycles. The molecule has 0 bridgehead atoms. The molecule has 1 fully saturated rings. The number of carbonyl (C=O) groups excluding carboxylic acids is 1. The average Bonchev–Trinajstić information content (AvgIpc) is 3.22. The molecule has 1 aromatic rings. The fraction of sp³-hybridized carbons (Fsp3) is 0.500. The molecule has 3 aliphatic rings. The number of fused-ring (bicyclic) bond motifs is 3. The van der Waals surface area contributed by atoms with Crippen molar-refractivity contribution in [3.63, 3.8) is 0 Å². The number of carbonyl (C=O) groups is 1. The molecule has 0 saturated heterocycles. The lowest BCUT2D eigenvalue weighted by Crippen LogP contribution is -2.09. The van der Waals surface area contributed by atoms with Gasteiger partial charge in [-0.3, -0.25) is 4.79 Å². The normalized spacial score (nSPS) is 32.0. The van der Waals surface area contributed by atoms with Crippen molar-refractivity contribution in [2.45, 2.75) is 44.4 Å². The monoisotopic (exact) mass is 252 g/mol. The minimum absolute atomic E-state index is 0.313. The van der Waals surface area contributed by atoms with Gasteiger partial charge in [-0.1, -0.05) is 30.3 Å². The van der Waals surface area contributed by atoms with Gasteiger partial charge in [0, 0.05) is 5.92 Å². The van der Waals surface area contributed by atoms with E-state index in [1.807, 2.05) is 0 Å². The van der Waals surface area contributed by atoms with Gasteiger partial charge in [-0.05, 0) is 67.1 Å². The first-order valence-electron chi connectivity index (χ1n) is 7.67. The third kappa shape index (κ3) is 1.79. The Labute approximate surface area is 114 Å². The van der Waals surface area contributed by atoms with Gasteiger partial charge in [-0.15, -0.1) is 0 Å². The van der Waals surface area contributed by atoms with Crippen LogP contribution in [0.15, 0.2) is 35.9 Å². The van der Waals surface area contributed by atoms with Gasteiger partial charge in [0.2, 0.25) is 0 Å². The van der Waals surface area contributed by atoms with E-state index >= 15 is 0 Å². The van der Waals surface area contributed by atoms with E-state index in [0.717, 1.165) is 18.4 Å². The quantitative estimate of drug-likeness (QED) is 0.776. The SMILES string of the molecule is O=C(C1=CCCCC1)C1C2CCc3ccccc3C21. The molecule has 1 nitrogen and oxygen atoms in total. The molecule has 3 aliphatic carbocycles. The summed E-state index contributed by atoms with van der Waals surface area (Å²) < 4.78 is 0. The Balaban J connectivity index is 1.60. The molecule has 98 valence electrons. The van der Waals surface area contributed by atoms with E-state index in [1.165, 1.54) is 36.8 Å². The molecular formula is C18H20O. The second kappa shape index (κ2) is 4.33. The van der Waals surface area contributed by atoms with Crippen LogP contribution < -0.4 is 0 Å². The number of allylic oxidation sites excluding steroid dienone is 2. The van der Waals surface area contributed by atoms with Crippen LogP contribution in [0.1, 0.15) is 49.1 Å². The molecule has 1 saturated carbocycles. The maximum atomic E-state index is 12.7. The first-order chi connectivity index (χ1) is 9.36. The molecule has 4 rings (SSSR count). The summed E-state index contributed by atoms with van der Waals surface area (Å²) >= 11 is 0. The van der Waals surface area contributed by atoms with Gasteiger partial charge in [0.15, 0.2) is 5.78 Å². The van der Waals surface area contributed by atoms with Crippen LogP contribution in [0.3, 0.4) is 0 Å². The highest BCUT2D eigenvalue weighted by Gasteiger charge is 2.56. The summed E-state index contributed by atoms with van der Waals surface area (Å²) in [5.74, 6) is 1.98. The van der Waals surface area contributed by atoms with Crippen LogP contribution in [0.4, 0.5) is 0 Å². The van der Waals surface area contributed by atoms with Crippen molar-refractivity contribution in [1.29, 1.82) is 0 Å². The number of rotatable bonds is 2. The summed E-state index contributed by atoms with van der Waals surface area (Å²) in [6.45, 7) is 0. The van der Waals surface area contributed by atoms with E-state index in [4.69, 9.17) is 0 Å². The number of Topliss-reactive ketones (excluding diaryl/α,β-unsaturated/α-hetero) is 1. The van der Waals surface area contributed by atoms with Crippen LogP contribution in [-0.4, -0.2) is 5.78 Å². The number of ketones is 1. The van der Waals surface area contributed by atoms with Gasteiger partial charge in [-0.2, -0.15) is 0 Å². The lowest BCUT2D eigenvalue weighted by molar-refractivity contribution is -0.117. The Morgan fingerprint density at radius 2 is 2.00 bits per heavy atom. The highest BCUT2D eigenvalue weighted by atomic mass is 16.1. The van der Waals surface area contributed by atoms with Crippen molar-refractivity contribution in [2.24, 2.45) is 11.8 Å². The fourth-order valence-electron chi connectivity index (χ4n) is 4.20. The summed E-state index contributed by atoms with van der Waals surface area (Å²) in [4.78, 5) is 12.7. The van der Waals surface area contributed by atoms with Gasteiger partial charge in [0.25, 0.3) is 0 Å². The topological polar surface area (TPSA) is 17.1 Å². The second-order valence-corrected chi connectivity index (χ2v) is 6.29. The maximum absolute atomic E-state index is 12.7. The van der Waals surface area contributed by atoms with Crippen LogP contribution in [-0.2, 0) is 11.2 Å². The van der Waals surface area contributed by atoms with E-state index in [2.05, 4.69) is 30.3 Å². The Morgan fingerprint density at radius 1 is 1.11 bits per heavy atom. The molecule has 0 spiro atoms. The van der Waals surface area contributed by atoms with E-state index in [9.17, 15) is 4.79 Å². The first-order valence-corrected chi connectivity index (χ1v) is 7.67. The molecule has 19 heavy (non-hydrogen) atoms. The van der Waals surface area contributed by atoms with Crippen LogP contribution >= 0.6 is 0 Å². The summed E-state index contributed by atoms with van der Waals surface area (Å²) in [5.41, 5.74) is 4.09. The third-order valence-corrected chi connectivity index (χ3v) is 5.24. The average molecular weight is 252 g/mol. The Kier molecular flexibility index (Phi) is 2.61.